The summed E-state index contributed by atoms with van der Waals surface area (Å²) in [7, 11) is 0. The maximum atomic E-state index is 11.5. The molecule has 0 amide bonds. The average molecular weight is 358 g/mol. The van der Waals surface area contributed by atoms with Crippen LogP contribution in [0.4, 0.5) is 0 Å². The molecule has 0 radical (unpaired) electrons. The number of carboxylic acids is 2. The van der Waals surface area contributed by atoms with Crippen LogP contribution in [0, 0.1) is 0 Å². The molecule has 0 heterocycles. The van der Waals surface area contributed by atoms with Gasteiger partial charge in [-0.15, -0.1) is 0 Å². The van der Waals surface area contributed by atoms with E-state index in [9.17, 15) is 40.2 Å². The SMILES string of the molecule is O=C(O)C(=C\c1ccc(O)c(O)c1)/C(=C\c1ccc(O)c(O)c1)C(=O)O. The van der Waals surface area contributed by atoms with Gasteiger partial charge >= 0.3 is 11.9 Å². The van der Waals surface area contributed by atoms with E-state index in [-0.39, 0.29) is 11.1 Å². The molecule has 6 N–H and O–H groups in total. The van der Waals surface area contributed by atoms with Crippen LogP contribution in [0.2, 0.25) is 0 Å². The van der Waals surface area contributed by atoms with Gasteiger partial charge in [-0.05, 0) is 47.5 Å². The Morgan fingerprint density at radius 3 is 1.23 bits per heavy atom. The van der Waals surface area contributed by atoms with Crippen LogP contribution in [0.15, 0.2) is 47.5 Å². The minimum absolute atomic E-state index is 0.151. The summed E-state index contributed by atoms with van der Waals surface area (Å²) in [5, 5.41) is 56.3. The Labute approximate surface area is 146 Å². The van der Waals surface area contributed by atoms with E-state index < -0.39 is 46.1 Å². The van der Waals surface area contributed by atoms with E-state index in [4.69, 9.17) is 0 Å². The lowest BCUT2D eigenvalue weighted by molar-refractivity contribution is -0.136. The molecule has 0 saturated heterocycles. The Hall–Kier alpha value is -3.94. The summed E-state index contributed by atoms with van der Waals surface area (Å²) in [5.74, 6) is -4.87. The summed E-state index contributed by atoms with van der Waals surface area (Å²) in [6, 6.07) is 6.99. The van der Waals surface area contributed by atoms with Gasteiger partial charge in [-0.25, -0.2) is 9.59 Å². The first-order valence-corrected chi connectivity index (χ1v) is 7.13. The van der Waals surface area contributed by atoms with Crippen molar-refractivity contribution < 1.29 is 40.2 Å². The Balaban J connectivity index is 2.59. The average Bonchev–Trinajstić information content (AvgIpc) is 2.56. The lowest BCUT2D eigenvalue weighted by Crippen LogP contribution is -2.11. The van der Waals surface area contributed by atoms with E-state index >= 15 is 0 Å². The molecule has 2 rings (SSSR count). The van der Waals surface area contributed by atoms with Gasteiger partial charge in [-0.2, -0.15) is 0 Å². The predicted octanol–water partition coefficient (Wildman–Crippen LogP) is 2.15. The van der Waals surface area contributed by atoms with Crippen molar-refractivity contribution in [1.29, 1.82) is 0 Å². The van der Waals surface area contributed by atoms with Crippen LogP contribution in [0.3, 0.4) is 0 Å². The predicted molar refractivity (Wildman–Crippen MR) is 90.8 cm³/mol. The lowest BCUT2D eigenvalue weighted by atomic mass is 10.00. The molecule has 0 aliphatic heterocycles. The van der Waals surface area contributed by atoms with E-state index in [1.807, 2.05) is 0 Å². The summed E-state index contributed by atoms with van der Waals surface area (Å²) < 4.78 is 0. The Morgan fingerprint density at radius 2 is 0.962 bits per heavy atom. The standard InChI is InChI=1S/C18H14O8/c19-13-3-1-9(7-15(13)21)5-11(17(23)24)12(18(25)26)6-10-2-4-14(20)16(22)8-10/h1-8,19-22H,(H,23,24)(H,25,26)/b11-5-,12-6+. The minimum Gasteiger partial charge on any atom is -0.504 e. The first-order chi connectivity index (χ1) is 12.2. The van der Waals surface area contributed by atoms with Crippen LogP contribution in [0.1, 0.15) is 11.1 Å². The largest absolute Gasteiger partial charge is 0.504 e. The summed E-state index contributed by atoms with van der Waals surface area (Å²) >= 11 is 0. The van der Waals surface area contributed by atoms with Gasteiger partial charge in [0.25, 0.3) is 0 Å². The molecule has 0 spiro atoms. The van der Waals surface area contributed by atoms with E-state index in [0.29, 0.717) is 0 Å². The molecule has 8 nitrogen and oxygen atoms in total. The first-order valence-electron chi connectivity index (χ1n) is 7.13. The molecular formula is C18H14O8. The zero-order chi connectivity index (χ0) is 19.4. The molecule has 0 fully saturated rings. The molecule has 0 bridgehead atoms. The quantitative estimate of drug-likeness (QED) is 0.270. The number of aliphatic carboxylic acids is 2. The summed E-state index contributed by atoms with van der Waals surface area (Å²) in [6.07, 6.45) is 2.03. The second kappa shape index (κ2) is 7.31. The van der Waals surface area contributed by atoms with Gasteiger partial charge in [0.2, 0.25) is 0 Å². The lowest BCUT2D eigenvalue weighted by Gasteiger charge is -2.06. The maximum absolute atomic E-state index is 11.5. The Kier molecular flexibility index (Phi) is 5.17. The zero-order valence-corrected chi connectivity index (χ0v) is 13.1. The van der Waals surface area contributed by atoms with Gasteiger partial charge in [0.15, 0.2) is 23.0 Å². The van der Waals surface area contributed by atoms with Crippen LogP contribution in [-0.2, 0) is 9.59 Å². The van der Waals surface area contributed by atoms with Crippen LogP contribution in [-0.4, -0.2) is 42.6 Å². The van der Waals surface area contributed by atoms with Crippen molar-refractivity contribution in [2.24, 2.45) is 0 Å². The topological polar surface area (TPSA) is 156 Å². The molecule has 134 valence electrons. The fourth-order valence-corrected chi connectivity index (χ4v) is 2.10. The number of hydrogen-bond donors (Lipinski definition) is 6. The van der Waals surface area contributed by atoms with Crippen LogP contribution < -0.4 is 0 Å². The number of phenolic OH excluding ortho intramolecular Hbond substituents is 4. The van der Waals surface area contributed by atoms with Gasteiger partial charge in [0, 0.05) is 0 Å². The van der Waals surface area contributed by atoms with Crippen molar-refractivity contribution >= 4 is 24.1 Å². The van der Waals surface area contributed by atoms with E-state index in [0.717, 1.165) is 36.4 Å². The second-order valence-corrected chi connectivity index (χ2v) is 5.22. The number of carboxylic acid groups (broad SMARTS) is 2. The Bertz CT molecular complexity index is 863. The number of aromatic hydroxyl groups is 4. The molecule has 8 heteroatoms. The fourth-order valence-electron chi connectivity index (χ4n) is 2.10. The van der Waals surface area contributed by atoms with Gasteiger partial charge < -0.3 is 30.6 Å². The molecule has 26 heavy (non-hydrogen) atoms. The summed E-state index contributed by atoms with van der Waals surface area (Å²) in [4.78, 5) is 23.1. The summed E-state index contributed by atoms with van der Waals surface area (Å²) in [6.45, 7) is 0. The molecular weight excluding hydrogens is 344 g/mol. The molecule has 0 atom stereocenters. The van der Waals surface area contributed by atoms with Gasteiger partial charge in [0.1, 0.15) is 0 Å². The first kappa shape index (κ1) is 18.4. The number of carbonyl (C=O) groups is 2. The number of phenols is 4. The third-order valence-electron chi connectivity index (χ3n) is 3.37. The third kappa shape index (κ3) is 4.12. The normalized spacial score (nSPS) is 12.0. The van der Waals surface area contributed by atoms with E-state index in [2.05, 4.69) is 0 Å². The number of benzene rings is 2. The van der Waals surface area contributed by atoms with Gasteiger partial charge in [-0.3, -0.25) is 0 Å². The molecule has 2 aromatic carbocycles. The summed E-state index contributed by atoms with van der Waals surface area (Å²) in [5.41, 5.74) is -0.873. The molecule has 0 unspecified atom stereocenters. The van der Waals surface area contributed by atoms with E-state index in [1.165, 1.54) is 12.1 Å². The Morgan fingerprint density at radius 1 is 0.615 bits per heavy atom. The van der Waals surface area contributed by atoms with Crippen molar-refractivity contribution in [1.82, 2.24) is 0 Å². The maximum Gasteiger partial charge on any atom is 0.336 e. The highest BCUT2D eigenvalue weighted by Crippen LogP contribution is 2.29. The van der Waals surface area contributed by atoms with E-state index in [1.54, 1.807) is 0 Å². The van der Waals surface area contributed by atoms with Crippen LogP contribution in [0.25, 0.3) is 12.2 Å². The van der Waals surface area contributed by atoms with Gasteiger partial charge in [-0.1, -0.05) is 12.1 Å². The van der Waals surface area contributed by atoms with Crippen LogP contribution >= 0.6 is 0 Å². The molecule has 0 aliphatic rings. The van der Waals surface area contributed by atoms with Crippen molar-refractivity contribution in [3.8, 4) is 23.0 Å². The third-order valence-corrected chi connectivity index (χ3v) is 3.37. The van der Waals surface area contributed by atoms with Crippen molar-refractivity contribution in [2.75, 3.05) is 0 Å². The fraction of sp³-hybridized carbons (Fsp3) is 0. The van der Waals surface area contributed by atoms with Crippen LogP contribution in [0.5, 0.6) is 23.0 Å². The smallest absolute Gasteiger partial charge is 0.336 e. The van der Waals surface area contributed by atoms with Gasteiger partial charge in [0.05, 0.1) is 11.1 Å². The highest BCUT2D eigenvalue weighted by atomic mass is 16.4. The number of hydrogen-bond acceptors (Lipinski definition) is 6. The van der Waals surface area contributed by atoms with Crippen molar-refractivity contribution in [2.45, 2.75) is 0 Å². The monoisotopic (exact) mass is 358 g/mol. The molecule has 2 aromatic rings. The zero-order valence-electron chi connectivity index (χ0n) is 13.1. The van der Waals surface area contributed by atoms with Crippen molar-refractivity contribution in [3.63, 3.8) is 0 Å². The number of rotatable bonds is 5. The molecule has 0 aliphatic carbocycles. The van der Waals surface area contributed by atoms with Crippen molar-refractivity contribution in [3.05, 3.63) is 58.7 Å². The highest BCUT2D eigenvalue weighted by Gasteiger charge is 2.20. The molecule has 0 saturated carbocycles. The minimum atomic E-state index is -1.53. The highest BCUT2D eigenvalue weighted by molar-refractivity contribution is 6.11. The molecule has 0 aromatic heterocycles. The second-order valence-electron chi connectivity index (χ2n) is 5.22.